The van der Waals surface area contributed by atoms with Crippen molar-refractivity contribution in [3.63, 3.8) is 0 Å². The van der Waals surface area contributed by atoms with E-state index in [1.54, 1.807) is 18.2 Å². The molecular weight excluding hydrogens is 365 g/mol. The van der Waals surface area contributed by atoms with Gasteiger partial charge in [0.15, 0.2) is 0 Å². The van der Waals surface area contributed by atoms with Gasteiger partial charge >= 0.3 is 0 Å². The maximum Gasteiger partial charge on any atom is 0.141 e. The second kappa shape index (κ2) is 5.82. The van der Waals surface area contributed by atoms with E-state index < -0.39 is 0 Å². The summed E-state index contributed by atoms with van der Waals surface area (Å²) < 4.78 is 20.2. The third-order valence-electron chi connectivity index (χ3n) is 2.29. The smallest absolute Gasteiger partial charge is 0.141 e. The third-order valence-corrected chi connectivity index (χ3v) is 3.39. The normalized spacial score (nSPS) is 10.4. The summed E-state index contributed by atoms with van der Waals surface area (Å²) in [7, 11) is 0. The zero-order chi connectivity index (χ0) is 13.1. The van der Waals surface area contributed by atoms with Gasteiger partial charge in [-0.3, -0.25) is 0 Å². The van der Waals surface area contributed by atoms with Gasteiger partial charge in [-0.2, -0.15) is 0 Å². The van der Waals surface area contributed by atoms with Crippen molar-refractivity contribution < 1.29 is 9.13 Å². The van der Waals surface area contributed by atoms with E-state index in [2.05, 4.69) is 31.9 Å². The van der Waals surface area contributed by atoms with Crippen LogP contribution < -0.4 is 10.5 Å². The highest BCUT2D eigenvalue weighted by Gasteiger charge is 2.04. The van der Waals surface area contributed by atoms with Gasteiger partial charge in [0.25, 0.3) is 0 Å². The number of rotatable bonds is 3. The van der Waals surface area contributed by atoms with Gasteiger partial charge in [-0.15, -0.1) is 0 Å². The van der Waals surface area contributed by atoms with Gasteiger partial charge in [-0.1, -0.05) is 15.9 Å². The first-order valence-electron chi connectivity index (χ1n) is 5.21. The molecule has 0 bridgehead atoms. The van der Waals surface area contributed by atoms with Crippen LogP contribution >= 0.6 is 31.9 Å². The molecule has 2 rings (SSSR count). The molecular formula is C13H10Br2FNO. The molecule has 0 aliphatic heterocycles. The van der Waals surface area contributed by atoms with Crippen LogP contribution in [0.5, 0.6) is 11.5 Å². The lowest BCUT2D eigenvalue weighted by Gasteiger charge is -2.08. The number of halogens is 3. The Morgan fingerprint density at radius 1 is 1.06 bits per heavy atom. The monoisotopic (exact) mass is 373 g/mol. The Kier molecular flexibility index (Phi) is 4.37. The lowest BCUT2D eigenvalue weighted by Crippen LogP contribution is -1.96. The van der Waals surface area contributed by atoms with Crippen LogP contribution in [0, 0.1) is 5.82 Å². The Bertz CT molecular complexity index is 575. The fourth-order valence-corrected chi connectivity index (χ4v) is 2.24. The van der Waals surface area contributed by atoms with Gasteiger partial charge in [0, 0.05) is 17.1 Å². The van der Waals surface area contributed by atoms with Crippen LogP contribution in [0.4, 0.5) is 4.39 Å². The van der Waals surface area contributed by atoms with Gasteiger partial charge in [0.2, 0.25) is 0 Å². The standard InChI is InChI=1S/C13H10Br2FNO/c14-9-3-8(7-17)4-11(5-9)18-10-1-2-12(15)13(16)6-10/h1-6H,7,17H2. The van der Waals surface area contributed by atoms with Gasteiger partial charge in [-0.25, -0.2) is 4.39 Å². The second-order valence-corrected chi connectivity index (χ2v) is 5.45. The van der Waals surface area contributed by atoms with E-state index in [0.29, 0.717) is 22.5 Å². The Morgan fingerprint density at radius 3 is 2.50 bits per heavy atom. The van der Waals surface area contributed by atoms with Crippen LogP contribution in [-0.4, -0.2) is 0 Å². The molecule has 0 heterocycles. The van der Waals surface area contributed by atoms with Crippen LogP contribution in [0.15, 0.2) is 45.3 Å². The molecule has 2 nitrogen and oxygen atoms in total. The van der Waals surface area contributed by atoms with Crippen LogP contribution in [-0.2, 0) is 6.54 Å². The van der Waals surface area contributed by atoms with E-state index in [0.717, 1.165) is 10.0 Å². The SMILES string of the molecule is NCc1cc(Br)cc(Oc2ccc(Br)c(F)c2)c1. The van der Waals surface area contributed by atoms with Crippen molar-refractivity contribution in [1.82, 2.24) is 0 Å². The minimum Gasteiger partial charge on any atom is -0.457 e. The van der Waals surface area contributed by atoms with E-state index >= 15 is 0 Å². The molecule has 0 radical (unpaired) electrons. The fourth-order valence-electron chi connectivity index (χ4n) is 1.47. The summed E-state index contributed by atoms with van der Waals surface area (Å²) in [4.78, 5) is 0. The molecule has 0 amide bonds. The third kappa shape index (κ3) is 3.31. The van der Waals surface area contributed by atoms with E-state index in [1.165, 1.54) is 6.07 Å². The first-order chi connectivity index (χ1) is 8.58. The quantitative estimate of drug-likeness (QED) is 0.851. The van der Waals surface area contributed by atoms with Crippen molar-refractivity contribution in [1.29, 1.82) is 0 Å². The summed E-state index contributed by atoms with van der Waals surface area (Å²) in [6, 6.07) is 10.2. The zero-order valence-corrected chi connectivity index (χ0v) is 12.5. The number of benzene rings is 2. The number of ether oxygens (including phenoxy) is 1. The van der Waals surface area contributed by atoms with Crippen molar-refractivity contribution in [3.8, 4) is 11.5 Å². The molecule has 0 spiro atoms. The lowest BCUT2D eigenvalue weighted by atomic mass is 10.2. The van der Waals surface area contributed by atoms with Crippen LogP contribution in [0.2, 0.25) is 0 Å². The van der Waals surface area contributed by atoms with Crippen LogP contribution in [0.25, 0.3) is 0 Å². The minimum absolute atomic E-state index is 0.360. The number of hydrogen-bond acceptors (Lipinski definition) is 2. The first kappa shape index (κ1) is 13.5. The summed E-state index contributed by atoms with van der Waals surface area (Å²) in [6.07, 6.45) is 0. The van der Waals surface area contributed by atoms with E-state index in [-0.39, 0.29) is 5.82 Å². The summed E-state index contributed by atoms with van der Waals surface area (Å²) in [6.45, 7) is 0.421. The minimum atomic E-state index is -0.360. The first-order valence-corrected chi connectivity index (χ1v) is 6.79. The highest BCUT2D eigenvalue weighted by atomic mass is 79.9. The molecule has 0 unspecified atom stereocenters. The molecule has 2 aromatic carbocycles. The van der Waals surface area contributed by atoms with Gasteiger partial charge in [0.05, 0.1) is 4.47 Å². The van der Waals surface area contributed by atoms with Crippen LogP contribution in [0.1, 0.15) is 5.56 Å². The highest BCUT2D eigenvalue weighted by molar-refractivity contribution is 9.10. The molecule has 0 saturated heterocycles. The number of nitrogens with two attached hydrogens (primary N) is 1. The molecule has 2 aromatic rings. The highest BCUT2D eigenvalue weighted by Crippen LogP contribution is 2.28. The van der Waals surface area contributed by atoms with Crippen molar-refractivity contribution in [2.75, 3.05) is 0 Å². The molecule has 5 heteroatoms. The lowest BCUT2D eigenvalue weighted by molar-refractivity contribution is 0.475. The molecule has 0 aliphatic rings. The van der Waals surface area contributed by atoms with Gasteiger partial charge in [0.1, 0.15) is 17.3 Å². The zero-order valence-electron chi connectivity index (χ0n) is 9.29. The average Bonchev–Trinajstić information content (AvgIpc) is 2.33. The Balaban J connectivity index is 2.27. The van der Waals surface area contributed by atoms with Gasteiger partial charge < -0.3 is 10.5 Å². The van der Waals surface area contributed by atoms with E-state index in [9.17, 15) is 4.39 Å². The predicted octanol–water partition coefficient (Wildman–Crippen LogP) is 4.60. The summed E-state index contributed by atoms with van der Waals surface area (Å²) in [5.41, 5.74) is 6.52. The maximum absolute atomic E-state index is 13.4. The summed E-state index contributed by atoms with van der Waals surface area (Å²) in [5, 5.41) is 0. The van der Waals surface area contributed by atoms with Gasteiger partial charge in [-0.05, 0) is 51.8 Å². The molecule has 2 N–H and O–H groups in total. The van der Waals surface area contributed by atoms with Crippen molar-refractivity contribution >= 4 is 31.9 Å². The molecule has 0 fully saturated rings. The molecule has 94 valence electrons. The number of hydrogen-bond donors (Lipinski definition) is 1. The molecule has 0 aliphatic carbocycles. The maximum atomic E-state index is 13.4. The largest absolute Gasteiger partial charge is 0.457 e. The summed E-state index contributed by atoms with van der Waals surface area (Å²) >= 11 is 6.47. The van der Waals surface area contributed by atoms with E-state index in [1.807, 2.05) is 12.1 Å². The van der Waals surface area contributed by atoms with Crippen molar-refractivity contribution in [2.45, 2.75) is 6.54 Å². The topological polar surface area (TPSA) is 35.2 Å². The van der Waals surface area contributed by atoms with Crippen molar-refractivity contribution in [3.05, 3.63) is 56.7 Å². The van der Waals surface area contributed by atoms with Crippen LogP contribution in [0.3, 0.4) is 0 Å². The molecule has 0 atom stereocenters. The Morgan fingerprint density at radius 2 is 1.83 bits per heavy atom. The van der Waals surface area contributed by atoms with E-state index in [4.69, 9.17) is 10.5 Å². The summed E-state index contributed by atoms with van der Waals surface area (Å²) in [5.74, 6) is 0.699. The molecule has 18 heavy (non-hydrogen) atoms. The second-order valence-electron chi connectivity index (χ2n) is 3.68. The fraction of sp³-hybridized carbons (Fsp3) is 0.0769. The predicted molar refractivity (Wildman–Crippen MR) is 76.2 cm³/mol. The molecule has 0 aromatic heterocycles. The molecule has 0 saturated carbocycles. The average molecular weight is 375 g/mol. The Labute approximate surface area is 121 Å². The Hall–Kier alpha value is -0.910. The van der Waals surface area contributed by atoms with Crippen molar-refractivity contribution in [2.24, 2.45) is 5.73 Å².